The highest BCUT2D eigenvalue weighted by Gasteiger charge is 2.25. The first-order valence-electron chi connectivity index (χ1n) is 5.13. The third-order valence-corrected chi connectivity index (χ3v) is 3.26. The first-order chi connectivity index (χ1) is 7.65. The van der Waals surface area contributed by atoms with Crippen LogP contribution in [0.1, 0.15) is 23.5 Å². The van der Waals surface area contributed by atoms with E-state index in [2.05, 4.69) is 15.6 Å². The van der Waals surface area contributed by atoms with E-state index in [0.29, 0.717) is 19.4 Å². The summed E-state index contributed by atoms with van der Waals surface area (Å²) in [6.07, 6.45) is 0.966. The first kappa shape index (κ1) is 11.2. The lowest BCUT2D eigenvalue weighted by atomic mass is 10.1. The van der Waals surface area contributed by atoms with Gasteiger partial charge in [0, 0.05) is 18.3 Å². The average molecular weight is 239 g/mol. The normalized spacial score (nSPS) is 20.9. The number of amides is 2. The predicted molar refractivity (Wildman–Crippen MR) is 59.9 cm³/mol. The highest BCUT2D eigenvalue weighted by molar-refractivity contribution is 7.09. The van der Waals surface area contributed by atoms with Crippen molar-refractivity contribution in [3.05, 3.63) is 16.1 Å². The number of aryl methyl sites for hydroxylation is 1. The Bertz CT molecular complexity index is 416. The fraction of sp³-hybridized carbons (Fsp3) is 0.500. The van der Waals surface area contributed by atoms with Crippen molar-refractivity contribution >= 4 is 23.2 Å². The Morgan fingerprint density at radius 1 is 1.62 bits per heavy atom. The number of aromatic nitrogens is 1. The molecule has 1 aromatic rings. The van der Waals surface area contributed by atoms with Gasteiger partial charge in [-0.15, -0.1) is 11.3 Å². The molecule has 2 heterocycles. The van der Waals surface area contributed by atoms with Gasteiger partial charge in [0.2, 0.25) is 11.8 Å². The minimum absolute atomic E-state index is 0.187. The van der Waals surface area contributed by atoms with Gasteiger partial charge in [-0.3, -0.25) is 14.9 Å². The Labute approximate surface area is 97.3 Å². The molecule has 6 heteroatoms. The Kier molecular flexibility index (Phi) is 3.31. The smallest absolute Gasteiger partial charge is 0.243 e. The van der Waals surface area contributed by atoms with Crippen molar-refractivity contribution in [1.29, 1.82) is 0 Å². The van der Waals surface area contributed by atoms with Crippen LogP contribution < -0.4 is 10.6 Å². The van der Waals surface area contributed by atoms with E-state index in [1.807, 2.05) is 12.3 Å². The monoisotopic (exact) mass is 239 g/mol. The summed E-state index contributed by atoms with van der Waals surface area (Å²) in [7, 11) is 0. The van der Waals surface area contributed by atoms with E-state index in [0.717, 1.165) is 10.7 Å². The number of hydrogen-bond donors (Lipinski definition) is 2. The van der Waals surface area contributed by atoms with Crippen LogP contribution in [0.2, 0.25) is 0 Å². The molecule has 5 nitrogen and oxygen atoms in total. The molecule has 1 saturated heterocycles. The second-order valence-electron chi connectivity index (χ2n) is 3.74. The number of hydrogen-bond acceptors (Lipinski definition) is 5. The van der Waals surface area contributed by atoms with Crippen molar-refractivity contribution in [2.75, 3.05) is 0 Å². The number of carbonyl (C=O) groups excluding carboxylic acids is 2. The zero-order valence-corrected chi connectivity index (χ0v) is 9.76. The van der Waals surface area contributed by atoms with Crippen LogP contribution in [-0.4, -0.2) is 22.8 Å². The van der Waals surface area contributed by atoms with Crippen molar-refractivity contribution in [1.82, 2.24) is 15.6 Å². The summed E-state index contributed by atoms with van der Waals surface area (Å²) in [6.45, 7) is 2.51. The minimum Gasteiger partial charge on any atom is -0.300 e. The molecule has 1 aliphatic rings. The van der Waals surface area contributed by atoms with Gasteiger partial charge >= 0.3 is 0 Å². The molecule has 2 amide bonds. The van der Waals surface area contributed by atoms with Gasteiger partial charge in [0.1, 0.15) is 0 Å². The van der Waals surface area contributed by atoms with Gasteiger partial charge in [0.15, 0.2) is 0 Å². The molecule has 0 spiro atoms. The fourth-order valence-corrected chi connectivity index (χ4v) is 2.22. The zero-order chi connectivity index (χ0) is 11.5. The largest absolute Gasteiger partial charge is 0.300 e. The van der Waals surface area contributed by atoms with Crippen LogP contribution in [0.5, 0.6) is 0 Å². The summed E-state index contributed by atoms with van der Waals surface area (Å²) in [5.74, 6) is -0.421. The summed E-state index contributed by atoms with van der Waals surface area (Å²) < 4.78 is 0. The molecule has 0 radical (unpaired) electrons. The van der Waals surface area contributed by atoms with E-state index in [4.69, 9.17) is 0 Å². The Balaban J connectivity index is 1.86. The third-order valence-electron chi connectivity index (χ3n) is 2.44. The molecule has 1 unspecified atom stereocenters. The van der Waals surface area contributed by atoms with Crippen molar-refractivity contribution < 1.29 is 9.59 Å². The number of piperidine rings is 1. The maximum atomic E-state index is 11.4. The first-order valence-corrected chi connectivity index (χ1v) is 6.01. The second-order valence-corrected chi connectivity index (χ2v) is 4.80. The SMILES string of the molecule is Cc1nc(CNC2CCC(=O)NC2=O)cs1. The zero-order valence-electron chi connectivity index (χ0n) is 8.95. The summed E-state index contributed by atoms with van der Waals surface area (Å²) in [5, 5.41) is 8.39. The molecule has 0 bridgehead atoms. The van der Waals surface area contributed by atoms with Crippen LogP contribution in [0.25, 0.3) is 0 Å². The minimum atomic E-state index is -0.278. The molecule has 86 valence electrons. The summed E-state index contributed by atoms with van der Waals surface area (Å²) in [5.41, 5.74) is 0.937. The lowest BCUT2D eigenvalue weighted by Crippen LogP contribution is -2.50. The molecule has 1 aliphatic heterocycles. The Hall–Kier alpha value is -1.27. The van der Waals surface area contributed by atoms with Gasteiger partial charge in [0.25, 0.3) is 0 Å². The van der Waals surface area contributed by atoms with Crippen LogP contribution in [0.4, 0.5) is 0 Å². The topological polar surface area (TPSA) is 71.1 Å². The number of rotatable bonds is 3. The molecule has 1 fully saturated rings. The van der Waals surface area contributed by atoms with Crippen LogP contribution in [0.15, 0.2) is 5.38 Å². The molecular weight excluding hydrogens is 226 g/mol. The van der Waals surface area contributed by atoms with Crippen molar-refractivity contribution in [2.45, 2.75) is 32.4 Å². The molecule has 1 atom stereocenters. The molecule has 0 aliphatic carbocycles. The van der Waals surface area contributed by atoms with E-state index in [1.54, 1.807) is 11.3 Å². The van der Waals surface area contributed by atoms with Crippen molar-refractivity contribution in [3.63, 3.8) is 0 Å². The number of thiazole rings is 1. The maximum Gasteiger partial charge on any atom is 0.243 e. The van der Waals surface area contributed by atoms with Gasteiger partial charge in [0.05, 0.1) is 16.7 Å². The highest BCUT2D eigenvalue weighted by Crippen LogP contribution is 2.09. The lowest BCUT2D eigenvalue weighted by Gasteiger charge is -2.21. The number of nitrogens with zero attached hydrogens (tertiary/aromatic N) is 1. The van der Waals surface area contributed by atoms with Crippen LogP contribution in [0, 0.1) is 6.92 Å². The van der Waals surface area contributed by atoms with E-state index in [9.17, 15) is 9.59 Å². The van der Waals surface area contributed by atoms with E-state index in [-0.39, 0.29) is 17.9 Å². The lowest BCUT2D eigenvalue weighted by molar-refractivity contribution is -0.134. The predicted octanol–water partition coefficient (Wildman–Crippen LogP) is 0.346. The molecular formula is C10H13N3O2S. The Morgan fingerprint density at radius 2 is 2.44 bits per heavy atom. The molecule has 2 N–H and O–H groups in total. The number of imide groups is 1. The summed E-state index contributed by atoms with van der Waals surface area (Å²) >= 11 is 1.59. The third kappa shape index (κ3) is 2.65. The number of carbonyl (C=O) groups is 2. The molecule has 2 rings (SSSR count). The molecule has 1 aromatic heterocycles. The number of nitrogens with one attached hydrogen (secondary N) is 2. The Morgan fingerprint density at radius 3 is 3.06 bits per heavy atom. The van der Waals surface area contributed by atoms with Gasteiger partial charge in [-0.25, -0.2) is 4.98 Å². The van der Waals surface area contributed by atoms with Gasteiger partial charge < -0.3 is 5.32 Å². The van der Waals surface area contributed by atoms with Crippen molar-refractivity contribution in [3.8, 4) is 0 Å². The van der Waals surface area contributed by atoms with E-state index in [1.165, 1.54) is 0 Å². The standard InChI is InChI=1S/C10H13N3O2S/c1-6-12-7(5-16-6)4-11-8-2-3-9(14)13-10(8)15/h5,8,11H,2-4H2,1H3,(H,13,14,15). The fourth-order valence-electron chi connectivity index (χ4n) is 1.61. The van der Waals surface area contributed by atoms with Gasteiger partial charge in [-0.05, 0) is 13.3 Å². The van der Waals surface area contributed by atoms with Gasteiger partial charge in [-0.2, -0.15) is 0 Å². The maximum absolute atomic E-state index is 11.4. The van der Waals surface area contributed by atoms with Gasteiger partial charge in [-0.1, -0.05) is 0 Å². The van der Waals surface area contributed by atoms with Crippen LogP contribution >= 0.6 is 11.3 Å². The van der Waals surface area contributed by atoms with Crippen LogP contribution in [0.3, 0.4) is 0 Å². The molecule has 0 saturated carbocycles. The second kappa shape index (κ2) is 4.71. The molecule has 0 aromatic carbocycles. The highest BCUT2D eigenvalue weighted by atomic mass is 32.1. The van der Waals surface area contributed by atoms with Crippen molar-refractivity contribution in [2.24, 2.45) is 0 Å². The van der Waals surface area contributed by atoms with Crippen LogP contribution in [-0.2, 0) is 16.1 Å². The quantitative estimate of drug-likeness (QED) is 0.746. The average Bonchev–Trinajstić information content (AvgIpc) is 2.63. The summed E-state index contributed by atoms with van der Waals surface area (Å²) in [4.78, 5) is 26.6. The molecule has 16 heavy (non-hydrogen) atoms. The van der Waals surface area contributed by atoms with E-state index < -0.39 is 0 Å². The summed E-state index contributed by atoms with van der Waals surface area (Å²) in [6, 6.07) is -0.278. The van der Waals surface area contributed by atoms with E-state index >= 15 is 0 Å².